The average molecular weight is 411 g/mol. The van der Waals surface area contributed by atoms with Gasteiger partial charge in [-0.1, -0.05) is 42.5 Å². The molecule has 6 rings (SSSR count). The van der Waals surface area contributed by atoms with Gasteiger partial charge in [0.15, 0.2) is 0 Å². The summed E-state index contributed by atoms with van der Waals surface area (Å²) in [4.78, 5) is 6.86. The molecule has 1 saturated heterocycles. The summed E-state index contributed by atoms with van der Waals surface area (Å²) in [7, 11) is 0. The van der Waals surface area contributed by atoms with Crippen LogP contribution in [0.4, 0.5) is 0 Å². The summed E-state index contributed by atoms with van der Waals surface area (Å²) in [5.41, 5.74) is 7.77. The first kappa shape index (κ1) is 19.1. The minimum absolute atomic E-state index is 0.106. The van der Waals surface area contributed by atoms with Crippen molar-refractivity contribution in [1.82, 2.24) is 4.90 Å². The van der Waals surface area contributed by atoms with Crippen molar-refractivity contribution in [2.45, 2.75) is 62.8 Å². The van der Waals surface area contributed by atoms with Crippen LogP contribution in [0.25, 0.3) is 0 Å². The first-order valence-corrected chi connectivity index (χ1v) is 11.9. The van der Waals surface area contributed by atoms with Crippen LogP contribution in [-0.4, -0.2) is 35.4 Å². The topological polar surface area (TPSA) is 24.8 Å². The molecule has 0 aromatic heterocycles. The van der Waals surface area contributed by atoms with Crippen molar-refractivity contribution < 1.29 is 4.74 Å². The van der Waals surface area contributed by atoms with E-state index in [1.807, 2.05) is 6.20 Å². The van der Waals surface area contributed by atoms with E-state index in [9.17, 15) is 0 Å². The predicted molar refractivity (Wildman–Crippen MR) is 126 cm³/mol. The molecule has 0 saturated carbocycles. The highest BCUT2D eigenvalue weighted by Gasteiger charge is 2.42. The molecule has 0 bridgehead atoms. The van der Waals surface area contributed by atoms with Gasteiger partial charge in [0, 0.05) is 18.1 Å². The molecular weight excluding hydrogens is 380 g/mol. The average Bonchev–Trinajstić information content (AvgIpc) is 3.31. The van der Waals surface area contributed by atoms with Crippen LogP contribution in [0.1, 0.15) is 38.5 Å². The predicted octanol–water partition coefficient (Wildman–Crippen LogP) is 5.58. The number of nitrogens with zero attached hydrogens (tertiary/aromatic N) is 2. The van der Waals surface area contributed by atoms with Crippen molar-refractivity contribution in [2.24, 2.45) is 16.8 Å². The van der Waals surface area contributed by atoms with Crippen LogP contribution in [-0.2, 0) is 4.74 Å². The zero-order valence-corrected chi connectivity index (χ0v) is 17.9. The van der Waals surface area contributed by atoms with Crippen LogP contribution in [0.5, 0.6) is 0 Å². The number of fused-ring (bicyclic) bond motifs is 2. The van der Waals surface area contributed by atoms with Gasteiger partial charge in [-0.05, 0) is 79.7 Å². The smallest absolute Gasteiger partial charge is 0.108 e. The van der Waals surface area contributed by atoms with E-state index in [2.05, 4.69) is 82.6 Å². The first-order valence-electron chi connectivity index (χ1n) is 11.9. The molecule has 2 heterocycles. The van der Waals surface area contributed by atoms with Gasteiger partial charge in [-0.3, -0.25) is 4.99 Å². The van der Waals surface area contributed by atoms with Gasteiger partial charge >= 0.3 is 0 Å². The summed E-state index contributed by atoms with van der Waals surface area (Å²) in [6.45, 7) is 0. The summed E-state index contributed by atoms with van der Waals surface area (Å²) >= 11 is 0. The lowest BCUT2D eigenvalue weighted by molar-refractivity contribution is -0.0751. The summed E-state index contributed by atoms with van der Waals surface area (Å²) in [6.07, 6.45) is 34.1. The molecule has 2 aliphatic heterocycles. The fraction of sp³-hybridized carbons (Fsp3) is 0.429. The second-order valence-corrected chi connectivity index (χ2v) is 9.39. The van der Waals surface area contributed by atoms with Crippen LogP contribution in [0.2, 0.25) is 0 Å². The number of aliphatic imine (C=N–C) groups is 1. The lowest BCUT2D eigenvalue weighted by Gasteiger charge is -2.49. The van der Waals surface area contributed by atoms with E-state index in [1.54, 1.807) is 5.57 Å². The highest BCUT2D eigenvalue weighted by molar-refractivity contribution is 5.60. The van der Waals surface area contributed by atoms with E-state index in [1.165, 1.54) is 30.5 Å². The minimum atomic E-state index is 0.106. The van der Waals surface area contributed by atoms with Gasteiger partial charge in [0.25, 0.3) is 0 Å². The molecule has 6 unspecified atom stereocenters. The molecule has 0 aromatic rings. The fourth-order valence-electron chi connectivity index (χ4n) is 5.97. The van der Waals surface area contributed by atoms with E-state index in [-0.39, 0.29) is 24.3 Å². The molecule has 0 spiro atoms. The number of morpholine rings is 1. The molecule has 6 aliphatic rings. The molecule has 3 heteroatoms. The van der Waals surface area contributed by atoms with Gasteiger partial charge in [-0.2, -0.15) is 0 Å². The van der Waals surface area contributed by atoms with Crippen molar-refractivity contribution in [2.75, 3.05) is 0 Å². The van der Waals surface area contributed by atoms with E-state index in [4.69, 9.17) is 4.74 Å². The maximum Gasteiger partial charge on any atom is 0.108 e. The monoisotopic (exact) mass is 410 g/mol. The van der Waals surface area contributed by atoms with Gasteiger partial charge in [-0.15, -0.1) is 5.73 Å². The van der Waals surface area contributed by atoms with E-state index < -0.39 is 0 Å². The highest BCUT2D eigenvalue weighted by Crippen LogP contribution is 2.40. The Morgan fingerprint density at radius 3 is 2.81 bits per heavy atom. The van der Waals surface area contributed by atoms with E-state index in [0.29, 0.717) is 5.92 Å². The normalized spacial score (nSPS) is 37.9. The SMILES string of the molecule is C1=CC2OC3C=CC=CC3N(C3=CC(C4=CCC(C5C=CN=CC5)CC4)=CCC3)C2C=1. The van der Waals surface area contributed by atoms with Crippen LogP contribution < -0.4 is 0 Å². The summed E-state index contributed by atoms with van der Waals surface area (Å²) in [6, 6.07) is 0.526. The molecular formula is C28H30N2O. The third-order valence-electron chi connectivity index (χ3n) is 7.63. The number of allylic oxidation sites excluding steroid dienone is 9. The Kier molecular flexibility index (Phi) is 5.02. The zero-order chi connectivity index (χ0) is 20.6. The summed E-state index contributed by atoms with van der Waals surface area (Å²) < 4.78 is 6.35. The maximum absolute atomic E-state index is 6.35. The molecule has 0 aromatic carbocycles. The van der Waals surface area contributed by atoms with Gasteiger partial charge in [0.1, 0.15) is 12.2 Å². The Hall–Kier alpha value is -2.61. The van der Waals surface area contributed by atoms with Gasteiger partial charge in [-0.25, -0.2) is 0 Å². The number of hydrogen-bond donors (Lipinski definition) is 0. The Bertz CT molecular complexity index is 1010. The van der Waals surface area contributed by atoms with E-state index >= 15 is 0 Å². The molecule has 3 nitrogen and oxygen atoms in total. The van der Waals surface area contributed by atoms with Gasteiger partial charge in [0.2, 0.25) is 0 Å². The van der Waals surface area contributed by atoms with Crippen molar-refractivity contribution in [3.05, 3.63) is 89.5 Å². The summed E-state index contributed by atoms with van der Waals surface area (Å²) in [5, 5.41) is 0. The van der Waals surface area contributed by atoms with Gasteiger partial charge in [0.05, 0.1) is 12.1 Å². The number of rotatable bonds is 3. The lowest BCUT2D eigenvalue weighted by Crippen LogP contribution is -2.57. The molecule has 158 valence electrons. The van der Waals surface area contributed by atoms with Crippen LogP contribution in [0, 0.1) is 11.8 Å². The standard InChI is InChI=1S/C28H30N2O/c1-2-9-27-25(7-1)30(26-8-4-10-28(26)31-27)24-6-3-5-23(19-24)21-13-11-20(12-14-21)22-15-17-29-18-16-22/h1-2,5,7-10,13,15,17-20,22,25-28H,3,6,11-12,14,16H2. The van der Waals surface area contributed by atoms with Crippen LogP contribution in [0.15, 0.2) is 94.5 Å². The van der Waals surface area contributed by atoms with Crippen LogP contribution in [0.3, 0.4) is 0 Å². The first-order chi connectivity index (χ1) is 15.4. The Labute approximate surface area is 185 Å². The quantitative estimate of drug-likeness (QED) is 0.568. The lowest BCUT2D eigenvalue weighted by atomic mass is 9.77. The molecule has 0 radical (unpaired) electrons. The third kappa shape index (κ3) is 3.56. The second-order valence-electron chi connectivity index (χ2n) is 9.39. The van der Waals surface area contributed by atoms with E-state index in [0.717, 1.165) is 25.2 Å². The van der Waals surface area contributed by atoms with Crippen molar-refractivity contribution in [3.63, 3.8) is 0 Å². The fourth-order valence-corrected chi connectivity index (χ4v) is 5.97. The molecule has 6 atom stereocenters. The maximum atomic E-state index is 6.35. The zero-order valence-electron chi connectivity index (χ0n) is 17.9. The summed E-state index contributed by atoms with van der Waals surface area (Å²) in [5.74, 6) is 1.42. The molecule has 4 aliphatic carbocycles. The minimum Gasteiger partial charge on any atom is -0.361 e. The Morgan fingerprint density at radius 2 is 1.94 bits per heavy atom. The third-order valence-corrected chi connectivity index (χ3v) is 7.63. The number of ether oxygens (including phenoxy) is 1. The highest BCUT2D eigenvalue weighted by atomic mass is 16.5. The Balaban J connectivity index is 1.23. The van der Waals surface area contributed by atoms with Crippen molar-refractivity contribution in [3.8, 4) is 0 Å². The molecule has 0 N–H and O–H groups in total. The van der Waals surface area contributed by atoms with Crippen LogP contribution >= 0.6 is 0 Å². The van der Waals surface area contributed by atoms with Crippen molar-refractivity contribution >= 4 is 6.21 Å². The molecule has 31 heavy (non-hydrogen) atoms. The Morgan fingerprint density at radius 1 is 0.968 bits per heavy atom. The number of hydrogen-bond acceptors (Lipinski definition) is 3. The molecule has 0 amide bonds. The second kappa shape index (κ2) is 8.15. The molecule has 1 fully saturated rings. The van der Waals surface area contributed by atoms with Crippen molar-refractivity contribution in [1.29, 1.82) is 0 Å². The largest absolute Gasteiger partial charge is 0.361 e. The van der Waals surface area contributed by atoms with Gasteiger partial charge < -0.3 is 9.64 Å².